The lowest BCUT2D eigenvalue weighted by Gasteiger charge is -2.29. The fourth-order valence-corrected chi connectivity index (χ4v) is 2.90. The molecule has 0 bridgehead atoms. The van der Waals surface area contributed by atoms with Crippen LogP contribution in [0.15, 0.2) is 30.3 Å². The largest absolute Gasteiger partial charge is 0.479 e. The minimum atomic E-state index is -3.21. The molecule has 1 unspecified atom stereocenters. The number of benzene rings is 1. The van der Waals surface area contributed by atoms with E-state index in [1.165, 1.54) is 13.8 Å². The van der Waals surface area contributed by atoms with Crippen molar-refractivity contribution in [3.05, 3.63) is 30.3 Å². The topological polar surface area (TPSA) is 119 Å². The van der Waals surface area contributed by atoms with Gasteiger partial charge in [0.25, 0.3) is 5.91 Å². The van der Waals surface area contributed by atoms with Gasteiger partial charge in [-0.15, -0.1) is 0 Å². The molecule has 10 heteroatoms. The second-order valence-corrected chi connectivity index (χ2v) is 8.68. The zero-order chi connectivity index (χ0) is 17.7. The summed E-state index contributed by atoms with van der Waals surface area (Å²) in [6.07, 6.45) is -0.176. The molecule has 0 fully saturated rings. The Kier molecular flexibility index (Phi) is 6.67. The number of carboxylic acids is 1. The van der Waals surface area contributed by atoms with Crippen molar-refractivity contribution in [1.29, 1.82) is 0 Å². The second-order valence-electron chi connectivity index (χ2n) is 5.20. The van der Waals surface area contributed by atoms with Gasteiger partial charge >= 0.3 is 5.97 Å². The Bertz CT molecular complexity index is 610. The minimum absolute atomic E-state index is 0.126. The van der Waals surface area contributed by atoms with E-state index in [-0.39, 0.29) is 11.3 Å². The molecule has 1 aromatic rings. The molecule has 0 aromatic heterocycles. The van der Waals surface area contributed by atoms with E-state index in [4.69, 9.17) is 21.4 Å². The smallest absolute Gasteiger partial charge is 0.331 e. The van der Waals surface area contributed by atoms with E-state index in [9.17, 15) is 19.7 Å². The highest BCUT2D eigenvalue weighted by atomic mass is 32.5. The molecular weight excluding hydrogens is 343 g/mol. The van der Waals surface area contributed by atoms with E-state index in [1.54, 1.807) is 30.3 Å². The van der Waals surface area contributed by atoms with Crippen LogP contribution >= 0.6 is 6.49 Å². The van der Waals surface area contributed by atoms with Crippen LogP contribution in [0.25, 0.3) is 0 Å². The molecule has 0 radical (unpaired) electrons. The first-order chi connectivity index (χ1) is 10.6. The first kappa shape index (κ1) is 19.5. The van der Waals surface area contributed by atoms with E-state index in [0.29, 0.717) is 5.75 Å². The van der Waals surface area contributed by atoms with Crippen LogP contribution in [-0.2, 0) is 21.4 Å². The fourth-order valence-electron chi connectivity index (χ4n) is 1.46. The zero-order valence-corrected chi connectivity index (χ0v) is 14.4. The highest BCUT2D eigenvalue weighted by Gasteiger charge is 2.37. The third kappa shape index (κ3) is 5.89. The maximum absolute atomic E-state index is 11.7. The molecule has 4 N–H and O–H groups in total. The van der Waals surface area contributed by atoms with Gasteiger partial charge in [0.15, 0.2) is 5.54 Å². The van der Waals surface area contributed by atoms with Crippen LogP contribution in [0.3, 0.4) is 0 Å². The molecule has 0 saturated heterocycles. The standard InChI is InChI=1S/C13H19N2O6PS/c1-13(2,12(17)18)15(19)11(16)8-14-9-22(20,23)21-10-6-4-3-5-7-10/h3-7,14,19H,8-9H2,1-2H3,(H,17,18)(H,20,23). The van der Waals surface area contributed by atoms with Gasteiger partial charge in [-0.2, -0.15) is 0 Å². The minimum Gasteiger partial charge on any atom is -0.479 e. The lowest BCUT2D eigenvalue weighted by atomic mass is 10.1. The van der Waals surface area contributed by atoms with Crippen LogP contribution < -0.4 is 9.84 Å². The molecule has 8 nitrogen and oxygen atoms in total. The van der Waals surface area contributed by atoms with Crippen molar-refractivity contribution in [2.24, 2.45) is 0 Å². The predicted molar refractivity (Wildman–Crippen MR) is 86.8 cm³/mol. The molecule has 23 heavy (non-hydrogen) atoms. The number of rotatable bonds is 8. The Labute approximate surface area is 138 Å². The van der Waals surface area contributed by atoms with Crippen molar-refractivity contribution in [3.63, 3.8) is 0 Å². The highest BCUT2D eigenvalue weighted by molar-refractivity contribution is 8.09. The summed E-state index contributed by atoms with van der Waals surface area (Å²) in [5.41, 5.74) is -1.77. The molecule has 1 rings (SSSR count). The summed E-state index contributed by atoms with van der Waals surface area (Å²) in [6.45, 7) is -1.24. The monoisotopic (exact) mass is 362 g/mol. The van der Waals surface area contributed by atoms with Gasteiger partial charge in [0, 0.05) is 0 Å². The van der Waals surface area contributed by atoms with Gasteiger partial charge in [-0.1, -0.05) is 18.2 Å². The summed E-state index contributed by atoms with van der Waals surface area (Å²) >= 11 is 4.96. The average Bonchev–Trinajstić information content (AvgIpc) is 2.46. The van der Waals surface area contributed by atoms with Crippen LogP contribution in [0, 0.1) is 0 Å². The molecule has 0 aliphatic rings. The van der Waals surface area contributed by atoms with Crippen molar-refractivity contribution in [3.8, 4) is 5.75 Å². The Morgan fingerprint density at radius 1 is 1.35 bits per heavy atom. The predicted octanol–water partition coefficient (Wildman–Crippen LogP) is 0.995. The lowest BCUT2D eigenvalue weighted by molar-refractivity contribution is -0.199. The number of carboxylic acid groups (broad SMARTS) is 1. The number of amides is 1. The molecule has 1 atom stereocenters. The van der Waals surface area contributed by atoms with Gasteiger partial charge in [-0.3, -0.25) is 15.3 Å². The zero-order valence-electron chi connectivity index (χ0n) is 12.7. The molecule has 1 amide bonds. The molecule has 0 heterocycles. The number of carbonyl (C=O) groups excluding carboxylic acids is 1. The van der Waals surface area contributed by atoms with Gasteiger partial charge in [-0.25, -0.2) is 9.86 Å². The van der Waals surface area contributed by atoms with E-state index in [0.717, 1.165) is 0 Å². The summed E-state index contributed by atoms with van der Waals surface area (Å²) < 4.78 is 5.29. The number of nitrogens with one attached hydrogen (secondary N) is 1. The molecule has 1 aromatic carbocycles. The lowest BCUT2D eigenvalue weighted by Crippen LogP contribution is -2.53. The fraction of sp³-hybridized carbons (Fsp3) is 0.385. The van der Waals surface area contributed by atoms with E-state index in [2.05, 4.69) is 5.32 Å². The summed E-state index contributed by atoms with van der Waals surface area (Å²) in [6, 6.07) is 8.49. The number of hydrogen-bond acceptors (Lipinski definition) is 6. The average molecular weight is 362 g/mol. The molecule has 0 aliphatic heterocycles. The summed E-state index contributed by atoms with van der Waals surface area (Å²) in [5, 5.41) is 21.3. The number of aliphatic carboxylic acids is 1. The van der Waals surface area contributed by atoms with Crippen molar-refractivity contribution in [2.45, 2.75) is 19.4 Å². The van der Waals surface area contributed by atoms with Crippen LogP contribution in [0.1, 0.15) is 13.8 Å². The van der Waals surface area contributed by atoms with Crippen molar-refractivity contribution >= 4 is 30.2 Å². The van der Waals surface area contributed by atoms with Gasteiger partial charge in [0.2, 0.25) is 6.49 Å². The van der Waals surface area contributed by atoms with Crippen LogP contribution in [0.2, 0.25) is 0 Å². The second kappa shape index (κ2) is 7.85. The van der Waals surface area contributed by atoms with Crippen LogP contribution in [-0.4, -0.2) is 50.5 Å². The summed E-state index contributed by atoms with van der Waals surface area (Å²) in [4.78, 5) is 32.7. The van der Waals surface area contributed by atoms with Crippen LogP contribution in [0.4, 0.5) is 0 Å². The van der Waals surface area contributed by atoms with Crippen LogP contribution in [0.5, 0.6) is 5.75 Å². The van der Waals surface area contributed by atoms with Gasteiger partial charge in [0.05, 0.1) is 12.8 Å². The molecule has 0 spiro atoms. The first-order valence-corrected chi connectivity index (χ1v) is 9.44. The number of para-hydroxylation sites is 1. The van der Waals surface area contributed by atoms with Crippen molar-refractivity contribution < 1.29 is 29.3 Å². The third-order valence-electron chi connectivity index (χ3n) is 2.87. The SMILES string of the molecule is CC(C)(C(=O)O)N(O)C(=O)CNCP(O)(=S)Oc1ccccc1. The highest BCUT2D eigenvalue weighted by Crippen LogP contribution is 2.41. The first-order valence-electron chi connectivity index (χ1n) is 6.59. The maximum atomic E-state index is 11.7. The van der Waals surface area contributed by atoms with Gasteiger partial charge in [0.1, 0.15) is 5.75 Å². The summed E-state index contributed by atoms with van der Waals surface area (Å²) in [5.74, 6) is -1.82. The number of hydroxylamine groups is 2. The molecule has 128 valence electrons. The number of carbonyl (C=O) groups is 2. The van der Waals surface area contributed by atoms with Crippen molar-refractivity contribution in [2.75, 3.05) is 12.8 Å². The van der Waals surface area contributed by atoms with E-state index < -0.39 is 30.5 Å². The molecule has 0 aliphatic carbocycles. The van der Waals surface area contributed by atoms with E-state index in [1.807, 2.05) is 0 Å². The number of hydrogen-bond donors (Lipinski definition) is 4. The van der Waals surface area contributed by atoms with Crippen molar-refractivity contribution in [1.82, 2.24) is 10.4 Å². The number of nitrogens with zero attached hydrogens (tertiary/aromatic N) is 1. The Morgan fingerprint density at radius 3 is 2.43 bits per heavy atom. The Balaban J connectivity index is 2.51. The summed E-state index contributed by atoms with van der Waals surface area (Å²) in [7, 11) is 0. The van der Waals surface area contributed by atoms with Gasteiger partial charge < -0.3 is 14.5 Å². The van der Waals surface area contributed by atoms with Gasteiger partial charge in [-0.05, 0) is 37.8 Å². The van der Waals surface area contributed by atoms with E-state index >= 15 is 0 Å². The Hall–Kier alpha value is -1.51. The normalized spacial score (nSPS) is 13.9. The maximum Gasteiger partial charge on any atom is 0.331 e. The Morgan fingerprint density at radius 2 is 1.91 bits per heavy atom. The quantitative estimate of drug-likeness (QED) is 0.307. The third-order valence-corrected chi connectivity index (χ3v) is 4.60. The molecule has 0 saturated carbocycles. The molecular formula is C13H19N2O6PS.